The molecule has 2 aliphatic heterocycles. The van der Waals surface area contributed by atoms with E-state index in [-0.39, 0.29) is 18.1 Å². The van der Waals surface area contributed by atoms with E-state index in [0.717, 1.165) is 23.8 Å². The molecule has 4 nitrogen and oxygen atoms in total. The number of rotatable bonds is 1. The average molecular weight is 316 g/mol. The van der Waals surface area contributed by atoms with Crippen molar-refractivity contribution in [2.45, 2.75) is 33.0 Å². The first-order chi connectivity index (χ1) is 10.5. The molecule has 2 aliphatic rings. The molecule has 0 bridgehead atoms. The van der Waals surface area contributed by atoms with E-state index < -0.39 is 0 Å². The summed E-state index contributed by atoms with van der Waals surface area (Å²) >= 11 is 1.46. The highest BCUT2D eigenvalue weighted by molar-refractivity contribution is 8.18. The van der Waals surface area contributed by atoms with Gasteiger partial charge in [-0.2, -0.15) is 4.99 Å². The van der Waals surface area contributed by atoms with Crippen molar-refractivity contribution in [3.63, 3.8) is 0 Å². The molecule has 0 aliphatic carbocycles. The summed E-state index contributed by atoms with van der Waals surface area (Å²) in [7, 11) is 0. The number of hydrogen-bond donors (Lipinski definition) is 0. The minimum atomic E-state index is -0.146. The van der Waals surface area contributed by atoms with Crippen molar-refractivity contribution in [2.24, 2.45) is 4.99 Å². The van der Waals surface area contributed by atoms with Crippen molar-refractivity contribution in [3.05, 3.63) is 40.3 Å². The molecule has 1 aromatic carbocycles. The first kappa shape index (κ1) is 15.3. The quantitative estimate of drug-likeness (QED) is 0.747. The molecule has 1 saturated heterocycles. The van der Waals surface area contributed by atoms with E-state index in [2.05, 4.69) is 9.89 Å². The van der Waals surface area contributed by atoms with Crippen molar-refractivity contribution in [1.82, 2.24) is 4.90 Å². The summed E-state index contributed by atoms with van der Waals surface area (Å²) < 4.78 is 5.73. The van der Waals surface area contributed by atoms with Crippen molar-refractivity contribution < 1.29 is 9.53 Å². The van der Waals surface area contributed by atoms with Gasteiger partial charge in [0.25, 0.3) is 5.91 Å². The second kappa shape index (κ2) is 6.26. The molecule has 1 aromatic rings. The molecule has 0 saturated carbocycles. The summed E-state index contributed by atoms with van der Waals surface area (Å²) in [5, 5.41) is 0.797. The maximum absolute atomic E-state index is 12.1. The number of amides is 1. The fourth-order valence-electron chi connectivity index (χ4n) is 2.68. The summed E-state index contributed by atoms with van der Waals surface area (Å²) in [6, 6.07) is 8.13. The molecule has 1 amide bonds. The van der Waals surface area contributed by atoms with Gasteiger partial charge in [-0.05, 0) is 44.2 Å². The Hall–Kier alpha value is -1.59. The summed E-state index contributed by atoms with van der Waals surface area (Å²) in [6.45, 7) is 7.71. The van der Waals surface area contributed by atoms with Crippen LogP contribution in [0.1, 0.15) is 25.0 Å². The summed E-state index contributed by atoms with van der Waals surface area (Å²) in [6.07, 6.45) is 2.23. The van der Waals surface area contributed by atoms with Crippen LogP contribution in [0.4, 0.5) is 0 Å². The van der Waals surface area contributed by atoms with Crippen LogP contribution in [0.25, 0.3) is 6.08 Å². The standard InChI is InChI=1S/C17H20N2O2S/c1-11-4-6-14(7-5-11)8-15-16(20)18-17(22-15)19-9-12(2)21-13(3)10-19/h4-8,12-13H,9-10H2,1-3H3/b15-8+/t12-,13-/m0/s1. The molecule has 0 aromatic heterocycles. The predicted octanol–water partition coefficient (Wildman–Crippen LogP) is 3.07. The van der Waals surface area contributed by atoms with Crippen LogP contribution in [0.15, 0.2) is 34.2 Å². The molecule has 0 N–H and O–H groups in total. The number of morpholine rings is 1. The number of nitrogens with zero attached hydrogens (tertiary/aromatic N) is 2. The molecule has 22 heavy (non-hydrogen) atoms. The SMILES string of the molecule is Cc1ccc(/C=C2/SC(N3C[C@H](C)O[C@@H](C)C3)=NC2=O)cc1. The highest BCUT2D eigenvalue weighted by atomic mass is 32.2. The second-order valence-corrected chi connectivity index (χ2v) is 6.89. The third kappa shape index (κ3) is 3.42. The van der Waals surface area contributed by atoms with Gasteiger partial charge in [-0.1, -0.05) is 29.8 Å². The Balaban J connectivity index is 1.74. The lowest BCUT2D eigenvalue weighted by Crippen LogP contribution is -2.47. The largest absolute Gasteiger partial charge is 0.372 e. The Morgan fingerprint density at radius 2 is 1.86 bits per heavy atom. The molecule has 0 spiro atoms. The number of hydrogen-bond acceptors (Lipinski definition) is 4. The third-order valence-corrected chi connectivity index (χ3v) is 4.72. The summed E-state index contributed by atoms with van der Waals surface area (Å²) in [5.74, 6) is -0.146. The van der Waals surface area contributed by atoms with Gasteiger partial charge in [0, 0.05) is 13.1 Å². The van der Waals surface area contributed by atoms with Gasteiger partial charge < -0.3 is 9.64 Å². The fraction of sp³-hybridized carbons (Fsp3) is 0.412. The van der Waals surface area contributed by atoms with Crippen LogP contribution in [0, 0.1) is 6.92 Å². The monoisotopic (exact) mass is 316 g/mol. The molecular weight excluding hydrogens is 296 g/mol. The second-order valence-electron chi connectivity index (χ2n) is 5.88. The fourth-order valence-corrected chi connectivity index (χ4v) is 3.61. The number of amidine groups is 1. The number of benzene rings is 1. The smallest absolute Gasteiger partial charge is 0.286 e. The van der Waals surface area contributed by atoms with Crippen LogP contribution in [0.3, 0.4) is 0 Å². The number of ether oxygens (including phenoxy) is 1. The zero-order chi connectivity index (χ0) is 15.7. The maximum Gasteiger partial charge on any atom is 0.286 e. The van der Waals surface area contributed by atoms with Gasteiger partial charge >= 0.3 is 0 Å². The van der Waals surface area contributed by atoms with Gasteiger partial charge in [0.15, 0.2) is 5.17 Å². The number of carbonyl (C=O) groups is 1. The van der Waals surface area contributed by atoms with E-state index in [1.165, 1.54) is 17.3 Å². The Morgan fingerprint density at radius 1 is 1.23 bits per heavy atom. The first-order valence-electron chi connectivity index (χ1n) is 7.51. The van der Waals surface area contributed by atoms with Crippen molar-refractivity contribution in [1.29, 1.82) is 0 Å². The Kier molecular flexibility index (Phi) is 4.36. The lowest BCUT2D eigenvalue weighted by Gasteiger charge is -2.35. The van der Waals surface area contributed by atoms with Gasteiger partial charge in [-0.25, -0.2) is 0 Å². The van der Waals surface area contributed by atoms with Crippen LogP contribution in [-0.2, 0) is 9.53 Å². The molecular formula is C17H20N2O2S. The average Bonchev–Trinajstić information content (AvgIpc) is 2.82. The van der Waals surface area contributed by atoms with Gasteiger partial charge in [0.2, 0.25) is 0 Å². The van der Waals surface area contributed by atoms with E-state index in [1.807, 2.05) is 51.1 Å². The number of aryl methyl sites for hydroxylation is 1. The van der Waals surface area contributed by atoms with E-state index >= 15 is 0 Å². The van der Waals surface area contributed by atoms with Crippen LogP contribution >= 0.6 is 11.8 Å². The van der Waals surface area contributed by atoms with Crippen LogP contribution in [-0.4, -0.2) is 41.3 Å². The minimum absolute atomic E-state index is 0.146. The maximum atomic E-state index is 12.1. The lowest BCUT2D eigenvalue weighted by atomic mass is 10.1. The number of carbonyl (C=O) groups excluding carboxylic acids is 1. The highest BCUT2D eigenvalue weighted by Gasteiger charge is 2.30. The topological polar surface area (TPSA) is 41.9 Å². The van der Waals surface area contributed by atoms with Crippen LogP contribution in [0.5, 0.6) is 0 Å². The van der Waals surface area contributed by atoms with E-state index in [9.17, 15) is 4.79 Å². The Bertz CT molecular complexity index is 627. The molecule has 2 atom stereocenters. The van der Waals surface area contributed by atoms with Gasteiger partial charge in [-0.15, -0.1) is 0 Å². The third-order valence-electron chi connectivity index (χ3n) is 3.67. The van der Waals surface area contributed by atoms with E-state index in [0.29, 0.717) is 4.91 Å². The Morgan fingerprint density at radius 3 is 2.50 bits per heavy atom. The first-order valence-corrected chi connectivity index (χ1v) is 8.32. The van der Waals surface area contributed by atoms with Gasteiger partial charge in [-0.3, -0.25) is 4.79 Å². The van der Waals surface area contributed by atoms with Crippen molar-refractivity contribution >= 4 is 28.9 Å². The van der Waals surface area contributed by atoms with E-state index in [1.54, 1.807) is 0 Å². The zero-order valence-corrected chi connectivity index (χ0v) is 13.9. The van der Waals surface area contributed by atoms with Crippen molar-refractivity contribution in [3.8, 4) is 0 Å². The molecule has 5 heteroatoms. The summed E-state index contributed by atoms with van der Waals surface area (Å²) in [4.78, 5) is 19.2. The summed E-state index contributed by atoms with van der Waals surface area (Å²) in [5.41, 5.74) is 2.24. The minimum Gasteiger partial charge on any atom is -0.372 e. The molecule has 116 valence electrons. The molecule has 2 heterocycles. The zero-order valence-electron chi connectivity index (χ0n) is 13.1. The Labute approximate surface area is 135 Å². The molecule has 0 radical (unpaired) electrons. The van der Waals surface area contributed by atoms with Gasteiger partial charge in [0.05, 0.1) is 17.1 Å². The predicted molar refractivity (Wildman–Crippen MR) is 90.8 cm³/mol. The highest BCUT2D eigenvalue weighted by Crippen LogP contribution is 2.31. The lowest BCUT2D eigenvalue weighted by molar-refractivity contribution is -0.113. The van der Waals surface area contributed by atoms with Gasteiger partial charge in [0.1, 0.15) is 0 Å². The van der Waals surface area contributed by atoms with Crippen molar-refractivity contribution in [2.75, 3.05) is 13.1 Å². The molecule has 3 rings (SSSR count). The number of aliphatic imine (C=N–C) groups is 1. The number of thioether (sulfide) groups is 1. The molecule has 1 fully saturated rings. The van der Waals surface area contributed by atoms with Crippen LogP contribution < -0.4 is 0 Å². The normalized spacial score (nSPS) is 27.4. The van der Waals surface area contributed by atoms with E-state index in [4.69, 9.17) is 4.74 Å². The van der Waals surface area contributed by atoms with Crippen LogP contribution in [0.2, 0.25) is 0 Å². The molecule has 0 unspecified atom stereocenters.